The highest BCUT2D eigenvalue weighted by Crippen LogP contribution is 2.48. The Morgan fingerprint density at radius 2 is 0.974 bits per heavy atom. The molecule has 182 valence electrons. The van der Waals surface area contributed by atoms with Crippen LogP contribution < -0.4 is 0 Å². The molecule has 38 heavy (non-hydrogen) atoms. The van der Waals surface area contributed by atoms with E-state index < -0.39 is 0 Å². The van der Waals surface area contributed by atoms with E-state index in [9.17, 15) is 0 Å². The Hall–Kier alpha value is -4.30. The van der Waals surface area contributed by atoms with Gasteiger partial charge in [-0.25, -0.2) is 0 Å². The van der Waals surface area contributed by atoms with Crippen LogP contribution in [0, 0.1) is 0 Å². The number of aromatic nitrogens is 2. The number of fused-ring (bicyclic) bond motifs is 13. The first kappa shape index (κ1) is 20.7. The van der Waals surface area contributed by atoms with Crippen LogP contribution in [0.3, 0.4) is 0 Å². The molecule has 2 heteroatoms. The van der Waals surface area contributed by atoms with Crippen LogP contribution in [0.4, 0.5) is 0 Å². The highest BCUT2D eigenvalue weighted by Gasteiger charge is 2.25. The molecule has 5 aromatic carbocycles. The van der Waals surface area contributed by atoms with Gasteiger partial charge in [0.2, 0.25) is 0 Å². The van der Waals surface area contributed by atoms with Crippen LogP contribution in [0.25, 0.3) is 76.2 Å². The maximum absolute atomic E-state index is 2.56. The molecule has 9 rings (SSSR count). The van der Waals surface area contributed by atoms with Crippen molar-refractivity contribution in [3.8, 4) is 0 Å². The van der Waals surface area contributed by atoms with Crippen molar-refractivity contribution < 1.29 is 0 Å². The van der Waals surface area contributed by atoms with Crippen LogP contribution in [-0.4, -0.2) is 8.80 Å². The molecule has 2 nitrogen and oxygen atoms in total. The van der Waals surface area contributed by atoms with Crippen molar-refractivity contribution in [3.63, 3.8) is 0 Å². The van der Waals surface area contributed by atoms with E-state index in [0.29, 0.717) is 11.8 Å². The predicted molar refractivity (Wildman–Crippen MR) is 164 cm³/mol. The molecule has 0 saturated carbocycles. The fourth-order valence-corrected chi connectivity index (χ4v) is 7.26. The first-order valence-corrected chi connectivity index (χ1v) is 13.9. The van der Waals surface area contributed by atoms with E-state index in [0.717, 1.165) is 0 Å². The van der Waals surface area contributed by atoms with Gasteiger partial charge >= 0.3 is 0 Å². The number of benzene rings is 5. The van der Waals surface area contributed by atoms with Crippen molar-refractivity contribution >= 4 is 76.2 Å². The fourth-order valence-electron chi connectivity index (χ4n) is 7.26. The first-order chi connectivity index (χ1) is 18.5. The zero-order valence-corrected chi connectivity index (χ0v) is 22.1. The van der Waals surface area contributed by atoms with E-state index in [-0.39, 0.29) is 0 Å². The zero-order chi connectivity index (χ0) is 25.4. The molecule has 0 aliphatic rings. The second-order valence-electron chi connectivity index (χ2n) is 11.8. The van der Waals surface area contributed by atoms with Crippen molar-refractivity contribution in [1.29, 1.82) is 0 Å². The Kier molecular flexibility index (Phi) is 3.69. The highest BCUT2D eigenvalue weighted by molar-refractivity contribution is 6.36. The van der Waals surface area contributed by atoms with Crippen LogP contribution in [-0.2, 0) is 0 Å². The normalized spacial score (nSPS) is 13.2. The fraction of sp³-hybridized carbons (Fsp3) is 0.167. The molecule has 0 atom stereocenters. The Bertz CT molecular complexity index is 2390. The predicted octanol–water partition coefficient (Wildman–Crippen LogP) is 10.2. The van der Waals surface area contributed by atoms with Crippen molar-refractivity contribution in [2.75, 3.05) is 0 Å². The molecule has 0 N–H and O–H groups in total. The minimum absolute atomic E-state index is 0.481. The topological polar surface area (TPSA) is 8.82 Å². The molecule has 4 heterocycles. The summed E-state index contributed by atoms with van der Waals surface area (Å²) in [5, 5.41) is 10.9. The van der Waals surface area contributed by atoms with E-state index in [2.05, 4.69) is 121 Å². The Balaban J connectivity index is 1.66. The van der Waals surface area contributed by atoms with Crippen LogP contribution in [0.1, 0.15) is 50.7 Å². The lowest BCUT2D eigenvalue weighted by Crippen LogP contribution is -1.89. The van der Waals surface area contributed by atoms with E-state index in [4.69, 9.17) is 0 Å². The van der Waals surface area contributed by atoms with Gasteiger partial charge in [-0.2, -0.15) is 0 Å². The standard InChI is InChI=1S/C36H28N2/c1-19(2)21-12-14-31-26(16-21)28-18-27-25-10-7-9-24-23-8-5-6-11-30(23)38(34(24)25)36(27)33-29-17-22(20(3)4)13-15-32(29)37(31)35(28)33/h5-20H,1-4H3. The van der Waals surface area contributed by atoms with E-state index in [1.165, 1.54) is 87.3 Å². The molecule has 0 aliphatic heterocycles. The lowest BCUT2D eigenvalue weighted by Gasteiger charge is -2.08. The Morgan fingerprint density at radius 1 is 0.421 bits per heavy atom. The molecule has 0 amide bonds. The van der Waals surface area contributed by atoms with E-state index >= 15 is 0 Å². The van der Waals surface area contributed by atoms with Gasteiger partial charge < -0.3 is 8.80 Å². The molecule has 0 unspecified atom stereocenters. The van der Waals surface area contributed by atoms with Crippen molar-refractivity contribution in [3.05, 3.63) is 96.1 Å². The molecule has 0 fully saturated rings. The lowest BCUT2D eigenvalue weighted by atomic mass is 9.97. The third-order valence-electron chi connectivity index (χ3n) is 9.12. The van der Waals surface area contributed by atoms with Crippen LogP contribution in [0.5, 0.6) is 0 Å². The summed E-state index contributed by atoms with van der Waals surface area (Å²) in [6.45, 7) is 9.17. The quantitative estimate of drug-likeness (QED) is 0.229. The molecule has 0 aliphatic carbocycles. The largest absolute Gasteiger partial charge is 0.308 e. The van der Waals surface area contributed by atoms with Gasteiger partial charge in [-0.15, -0.1) is 0 Å². The third kappa shape index (κ3) is 2.27. The third-order valence-corrected chi connectivity index (χ3v) is 9.12. The average Bonchev–Trinajstić information content (AvgIpc) is 3.64. The minimum atomic E-state index is 0.481. The number of hydrogen-bond acceptors (Lipinski definition) is 0. The number of hydrogen-bond donors (Lipinski definition) is 0. The zero-order valence-electron chi connectivity index (χ0n) is 22.1. The summed E-state index contributed by atoms with van der Waals surface area (Å²) in [6, 6.07) is 32.5. The molecular formula is C36H28N2. The first-order valence-electron chi connectivity index (χ1n) is 13.9. The number of nitrogens with zero attached hydrogens (tertiary/aromatic N) is 2. The Morgan fingerprint density at radius 3 is 1.71 bits per heavy atom. The van der Waals surface area contributed by atoms with Gasteiger partial charge in [-0.3, -0.25) is 0 Å². The van der Waals surface area contributed by atoms with E-state index in [1.54, 1.807) is 0 Å². The van der Waals surface area contributed by atoms with Gasteiger partial charge in [0.25, 0.3) is 0 Å². The summed E-state index contributed by atoms with van der Waals surface area (Å²) < 4.78 is 5.10. The summed E-state index contributed by atoms with van der Waals surface area (Å²) in [5.74, 6) is 0.977. The lowest BCUT2D eigenvalue weighted by molar-refractivity contribution is 0.868. The average molecular weight is 489 g/mol. The highest BCUT2D eigenvalue weighted by atomic mass is 14.9. The summed E-state index contributed by atoms with van der Waals surface area (Å²) in [4.78, 5) is 0. The monoisotopic (exact) mass is 488 g/mol. The van der Waals surface area contributed by atoms with Gasteiger partial charge in [-0.05, 0) is 59.4 Å². The number of rotatable bonds is 2. The second-order valence-corrected chi connectivity index (χ2v) is 11.8. The maximum Gasteiger partial charge on any atom is 0.0642 e. The molecular weight excluding hydrogens is 460 g/mol. The summed E-state index contributed by atoms with van der Waals surface area (Å²) >= 11 is 0. The molecule has 0 saturated heterocycles. The van der Waals surface area contributed by atoms with E-state index in [1.807, 2.05) is 0 Å². The molecule has 0 bridgehead atoms. The summed E-state index contributed by atoms with van der Waals surface area (Å²) in [7, 11) is 0. The summed E-state index contributed by atoms with van der Waals surface area (Å²) in [5.41, 5.74) is 10.7. The van der Waals surface area contributed by atoms with Crippen molar-refractivity contribution in [2.24, 2.45) is 0 Å². The van der Waals surface area contributed by atoms with Crippen molar-refractivity contribution in [2.45, 2.75) is 39.5 Å². The maximum atomic E-state index is 2.56. The van der Waals surface area contributed by atoms with Crippen LogP contribution in [0.2, 0.25) is 0 Å². The summed E-state index contributed by atoms with van der Waals surface area (Å²) in [6.07, 6.45) is 0. The molecule has 4 aromatic heterocycles. The number of para-hydroxylation sites is 2. The van der Waals surface area contributed by atoms with Gasteiger partial charge in [0.05, 0.1) is 33.1 Å². The minimum Gasteiger partial charge on any atom is -0.308 e. The van der Waals surface area contributed by atoms with Gasteiger partial charge in [-0.1, -0.05) is 76.2 Å². The van der Waals surface area contributed by atoms with Crippen molar-refractivity contribution in [1.82, 2.24) is 8.80 Å². The van der Waals surface area contributed by atoms with Crippen LogP contribution >= 0.6 is 0 Å². The van der Waals surface area contributed by atoms with Gasteiger partial charge in [0.1, 0.15) is 0 Å². The van der Waals surface area contributed by atoms with Gasteiger partial charge in [0.15, 0.2) is 0 Å². The Labute approximate surface area is 220 Å². The molecule has 0 spiro atoms. The molecule has 0 radical (unpaired) electrons. The second kappa shape index (κ2) is 6.76. The molecule has 9 aromatic rings. The smallest absolute Gasteiger partial charge is 0.0642 e. The van der Waals surface area contributed by atoms with Gasteiger partial charge in [0, 0.05) is 43.1 Å². The SMILES string of the molecule is CC(C)c1ccc2c(c1)c1cc3c4cccc5c6ccccc6n(c54)c3c3c4cc(C(C)C)ccc4n2c13. The van der Waals surface area contributed by atoms with Crippen LogP contribution in [0.15, 0.2) is 84.9 Å².